The van der Waals surface area contributed by atoms with Gasteiger partial charge in [0.2, 0.25) is 10.0 Å². The van der Waals surface area contributed by atoms with E-state index in [4.69, 9.17) is 9.15 Å². The van der Waals surface area contributed by atoms with Crippen molar-refractivity contribution < 1.29 is 22.4 Å². The van der Waals surface area contributed by atoms with Crippen LogP contribution < -0.4 is 10.3 Å². The van der Waals surface area contributed by atoms with Gasteiger partial charge in [0.25, 0.3) is 0 Å². The number of hydrogen-bond acceptors (Lipinski definition) is 6. The van der Waals surface area contributed by atoms with Crippen LogP contribution in [0.2, 0.25) is 0 Å². The topological polar surface area (TPSA) is 103 Å². The summed E-state index contributed by atoms with van der Waals surface area (Å²) in [6, 6.07) is 6.86. The summed E-state index contributed by atoms with van der Waals surface area (Å²) in [5.74, 6) is -1.06. The second-order valence-corrected chi connectivity index (χ2v) is 6.73. The lowest BCUT2D eigenvalue weighted by atomic mass is 10.2. The molecule has 1 N–H and O–H groups in total. The highest BCUT2D eigenvalue weighted by atomic mass is 32.2. The zero-order chi connectivity index (χ0) is 17.0. The van der Waals surface area contributed by atoms with E-state index in [0.717, 1.165) is 0 Å². The molecule has 0 spiro atoms. The molecular weight excluding hydrogens is 322 g/mol. The smallest absolute Gasteiger partial charge is 0.336 e. The number of nitrogens with one attached hydrogen (secondary N) is 1. The number of carbonyl (C=O) groups is 1. The van der Waals surface area contributed by atoms with E-state index in [0.29, 0.717) is 11.0 Å². The van der Waals surface area contributed by atoms with Crippen LogP contribution in [0.4, 0.5) is 0 Å². The minimum atomic E-state index is -3.78. The van der Waals surface area contributed by atoms with Gasteiger partial charge >= 0.3 is 11.6 Å². The largest absolute Gasteiger partial charge is 0.466 e. The number of rotatable bonds is 6. The van der Waals surface area contributed by atoms with E-state index >= 15 is 0 Å². The molecule has 0 saturated carbocycles. The van der Waals surface area contributed by atoms with Crippen LogP contribution in [0, 0.1) is 5.92 Å². The Morgan fingerprint density at radius 2 is 2.04 bits per heavy atom. The van der Waals surface area contributed by atoms with Crippen LogP contribution in [-0.2, 0) is 19.6 Å². The Labute approximate surface area is 133 Å². The molecular formula is C15H17NO6S. The lowest BCUT2D eigenvalue weighted by Gasteiger charge is -2.12. The maximum absolute atomic E-state index is 12.3. The molecule has 124 valence electrons. The van der Waals surface area contributed by atoms with Crippen molar-refractivity contribution in [3.8, 4) is 0 Å². The van der Waals surface area contributed by atoms with Crippen LogP contribution in [0.5, 0.6) is 0 Å². The molecule has 7 nitrogen and oxygen atoms in total. The predicted molar refractivity (Wildman–Crippen MR) is 83.5 cm³/mol. The first kappa shape index (κ1) is 17.2. The van der Waals surface area contributed by atoms with Gasteiger partial charge in [0.05, 0.1) is 17.4 Å². The van der Waals surface area contributed by atoms with Crippen molar-refractivity contribution in [2.24, 2.45) is 5.92 Å². The highest BCUT2D eigenvalue weighted by molar-refractivity contribution is 7.89. The number of hydrogen-bond donors (Lipinski definition) is 1. The van der Waals surface area contributed by atoms with Crippen molar-refractivity contribution in [3.63, 3.8) is 0 Å². The summed E-state index contributed by atoms with van der Waals surface area (Å²) in [6.07, 6.45) is 0. The number of sulfonamides is 1. The van der Waals surface area contributed by atoms with E-state index in [-0.39, 0.29) is 18.0 Å². The van der Waals surface area contributed by atoms with E-state index in [1.54, 1.807) is 13.8 Å². The Balaban J connectivity index is 2.18. The van der Waals surface area contributed by atoms with Crippen LogP contribution in [-0.4, -0.2) is 27.5 Å². The van der Waals surface area contributed by atoms with Gasteiger partial charge in [-0.2, -0.15) is 0 Å². The fraction of sp³-hybridized carbons (Fsp3) is 0.333. The van der Waals surface area contributed by atoms with Crippen LogP contribution in [0.3, 0.4) is 0 Å². The molecule has 8 heteroatoms. The summed E-state index contributed by atoms with van der Waals surface area (Å²) < 4.78 is 36.7. The standard InChI is InChI=1S/C15H17NO6S/c1-3-21-15(18)10(2)9-16-23(19,20)12-5-6-13-11(8-12)4-7-14(17)22-13/h4-8,10,16H,3,9H2,1-2H3/t10-/m1/s1. The summed E-state index contributed by atoms with van der Waals surface area (Å²) in [6.45, 7) is 3.44. The summed E-state index contributed by atoms with van der Waals surface area (Å²) in [7, 11) is -3.78. The normalized spacial score (nSPS) is 13.0. The minimum absolute atomic E-state index is 0.0231. The van der Waals surface area contributed by atoms with Gasteiger partial charge in [0, 0.05) is 18.0 Å². The second kappa shape index (κ2) is 6.93. The number of carbonyl (C=O) groups excluding carboxylic acids is 1. The van der Waals surface area contributed by atoms with Gasteiger partial charge in [-0.1, -0.05) is 6.92 Å². The Morgan fingerprint density at radius 3 is 2.74 bits per heavy atom. The minimum Gasteiger partial charge on any atom is -0.466 e. The molecule has 2 rings (SSSR count). The van der Waals surface area contributed by atoms with Crippen molar-refractivity contribution in [1.29, 1.82) is 0 Å². The maximum Gasteiger partial charge on any atom is 0.336 e. The number of benzene rings is 1. The summed E-state index contributed by atoms with van der Waals surface area (Å²) in [4.78, 5) is 22.6. The van der Waals surface area contributed by atoms with Crippen molar-refractivity contribution in [1.82, 2.24) is 4.72 Å². The summed E-state index contributed by atoms with van der Waals surface area (Å²) in [5, 5.41) is 0.492. The van der Waals surface area contributed by atoms with Gasteiger partial charge in [-0.15, -0.1) is 0 Å². The Bertz CT molecular complexity index is 871. The van der Waals surface area contributed by atoms with Gasteiger partial charge in [-0.3, -0.25) is 4.79 Å². The van der Waals surface area contributed by atoms with E-state index in [9.17, 15) is 18.0 Å². The molecule has 0 fully saturated rings. The predicted octanol–water partition coefficient (Wildman–Crippen LogP) is 1.27. The Hall–Kier alpha value is -2.19. The molecule has 0 aliphatic carbocycles. The molecule has 0 bridgehead atoms. The molecule has 1 heterocycles. The van der Waals surface area contributed by atoms with Crippen LogP contribution >= 0.6 is 0 Å². The molecule has 2 aromatic rings. The lowest BCUT2D eigenvalue weighted by Crippen LogP contribution is -2.32. The van der Waals surface area contributed by atoms with Crippen molar-refractivity contribution in [2.45, 2.75) is 18.7 Å². The highest BCUT2D eigenvalue weighted by Gasteiger charge is 2.20. The zero-order valence-corrected chi connectivity index (χ0v) is 13.6. The summed E-state index contributed by atoms with van der Waals surface area (Å²) >= 11 is 0. The van der Waals surface area contributed by atoms with Crippen LogP contribution in [0.1, 0.15) is 13.8 Å². The number of fused-ring (bicyclic) bond motifs is 1. The first-order valence-electron chi connectivity index (χ1n) is 7.03. The quantitative estimate of drug-likeness (QED) is 0.628. The molecule has 0 amide bonds. The molecule has 0 radical (unpaired) electrons. The van der Waals surface area contributed by atoms with Crippen molar-refractivity contribution in [3.05, 3.63) is 40.8 Å². The molecule has 0 unspecified atom stereocenters. The number of esters is 1. The fourth-order valence-corrected chi connectivity index (χ4v) is 3.07. The zero-order valence-electron chi connectivity index (χ0n) is 12.7. The third-order valence-corrected chi connectivity index (χ3v) is 4.59. The lowest BCUT2D eigenvalue weighted by molar-refractivity contribution is -0.147. The van der Waals surface area contributed by atoms with Gasteiger partial charge in [-0.05, 0) is 31.2 Å². The van der Waals surface area contributed by atoms with E-state index in [1.807, 2.05) is 0 Å². The molecule has 0 aliphatic rings. The first-order chi connectivity index (χ1) is 10.8. The SMILES string of the molecule is CCOC(=O)[C@H](C)CNS(=O)(=O)c1ccc2oc(=O)ccc2c1. The maximum atomic E-state index is 12.3. The second-order valence-electron chi connectivity index (χ2n) is 4.96. The van der Waals surface area contributed by atoms with E-state index in [2.05, 4.69) is 4.72 Å². The molecule has 1 aromatic carbocycles. The van der Waals surface area contributed by atoms with Gasteiger partial charge in [0.1, 0.15) is 5.58 Å². The average molecular weight is 339 g/mol. The highest BCUT2D eigenvalue weighted by Crippen LogP contribution is 2.17. The fourth-order valence-electron chi connectivity index (χ4n) is 1.90. The first-order valence-corrected chi connectivity index (χ1v) is 8.52. The summed E-state index contributed by atoms with van der Waals surface area (Å²) in [5.41, 5.74) is -0.203. The monoisotopic (exact) mass is 339 g/mol. The number of ether oxygens (including phenoxy) is 1. The van der Waals surface area contributed by atoms with Crippen LogP contribution in [0.15, 0.2) is 44.4 Å². The van der Waals surface area contributed by atoms with E-state index < -0.39 is 27.5 Å². The average Bonchev–Trinajstić information content (AvgIpc) is 2.52. The molecule has 0 aliphatic heterocycles. The van der Waals surface area contributed by atoms with Gasteiger partial charge < -0.3 is 9.15 Å². The van der Waals surface area contributed by atoms with Gasteiger partial charge in [0.15, 0.2) is 0 Å². The van der Waals surface area contributed by atoms with Gasteiger partial charge in [-0.25, -0.2) is 17.9 Å². The Morgan fingerprint density at radius 1 is 1.30 bits per heavy atom. The third kappa shape index (κ3) is 4.17. The molecule has 0 saturated heterocycles. The third-order valence-electron chi connectivity index (χ3n) is 3.17. The van der Waals surface area contributed by atoms with Crippen molar-refractivity contribution in [2.75, 3.05) is 13.2 Å². The Kier molecular flexibility index (Phi) is 5.17. The van der Waals surface area contributed by atoms with E-state index in [1.165, 1.54) is 30.3 Å². The van der Waals surface area contributed by atoms with Crippen LogP contribution in [0.25, 0.3) is 11.0 Å². The molecule has 1 atom stereocenters. The van der Waals surface area contributed by atoms with Crippen molar-refractivity contribution >= 4 is 27.0 Å². The molecule has 1 aromatic heterocycles. The molecule has 23 heavy (non-hydrogen) atoms.